The smallest absolute Gasteiger partial charge is 0.322 e. The second-order valence-electron chi connectivity index (χ2n) is 6.21. The Kier molecular flexibility index (Phi) is 5.46. The van der Waals surface area contributed by atoms with E-state index in [0.717, 1.165) is 5.56 Å². The van der Waals surface area contributed by atoms with Crippen LogP contribution < -0.4 is 20.3 Å². The van der Waals surface area contributed by atoms with Gasteiger partial charge in [0.05, 0.1) is 19.7 Å². The van der Waals surface area contributed by atoms with Gasteiger partial charge in [-0.05, 0) is 43.3 Å². The number of hydrogen-bond acceptors (Lipinski definition) is 5. The van der Waals surface area contributed by atoms with Gasteiger partial charge in [-0.3, -0.25) is 10.0 Å². The molecular formula is C19H21N3O5. The molecule has 8 heteroatoms. The van der Waals surface area contributed by atoms with Gasteiger partial charge >= 0.3 is 6.03 Å². The number of rotatable bonds is 3. The van der Waals surface area contributed by atoms with E-state index in [4.69, 9.17) is 14.7 Å². The SMILES string of the molecule is COc1ccc(NC(=O)N2Cc3ccc(C(=O)NO)cc3OC[C@@H]2C)cc1. The molecule has 0 radical (unpaired) electrons. The van der Waals surface area contributed by atoms with E-state index in [0.29, 0.717) is 23.7 Å². The summed E-state index contributed by atoms with van der Waals surface area (Å²) in [6.07, 6.45) is 0. The molecule has 27 heavy (non-hydrogen) atoms. The van der Waals surface area contributed by atoms with Crippen LogP contribution >= 0.6 is 0 Å². The number of nitrogens with zero attached hydrogens (tertiary/aromatic N) is 1. The largest absolute Gasteiger partial charge is 0.497 e. The van der Waals surface area contributed by atoms with Crippen molar-refractivity contribution in [3.8, 4) is 11.5 Å². The lowest BCUT2D eigenvalue weighted by Gasteiger charge is -2.26. The highest BCUT2D eigenvalue weighted by molar-refractivity contribution is 5.94. The third kappa shape index (κ3) is 4.12. The molecule has 3 rings (SSSR count). The Balaban J connectivity index is 1.77. The number of anilines is 1. The van der Waals surface area contributed by atoms with Crippen LogP contribution in [0, 0.1) is 0 Å². The van der Waals surface area contributed by atoms with E-state index in [9.17, 15) is 9.59 Å². The van der Waals surface area contributed by atoms with Crippen LogP contribution in [0.15, 0.2) is 42.5 Å². The molecule has 0 unspecified atom stereocenters. The Labute approximate surface area is 156 Å². The third-order valence-corrected chi connectivity index (χ3v) is 4.39. The molecule has 2 aromatic rings. The second kappa shape index (κ2) is 7.96. The van der Waals surface area contributed by atoms with Crippen molar-refractivity contribution in [2.24, 2.45) is 0 Å². The lowest BCUT2D eigenvalue weighted by Crippen LogP contribution is -2.42. The summed E-state index contributed by atoms with van der Waals surface area (Å²) in [5.74, 6) is 0.608. The number of hydrogen-bond donors (Lipinski definition) is 3. The van der Waals surface area contributed by atoms with Crippen LogP contribution in [0.5, 0.6) is 11.5 Å². The van der Waals surface area contributed by atoms with E-state index in [2.05, 4.69) is 5.32 Å². The Morgan fingerprint density at radius 3 is 2.63 bits per heavy atom. The van der Waals surface area contributed by atoms with Crippen molar-refractivity contribution in [3.05, 3.63) is 53.6 Å². The minimum absolute atomic E-state index is 0.175. The zero-order valence-electron chi connectivity index (χ0n) is 15.1. The van der Waals surface area contributed by atoms with Gasteiger partial charge in [0, 0.05) is 16.8 Å². The first-order chi connectivity index (χ1) is 13.0. The average molecular weight is 371 g/mol. The minimum atomic E-state index is -0.618. The van der Waals surface area contributed by atoms with Crippen LogP contribution in [0.3, 0.4) is 0 Å². The molecule has 3 N–H and O–H groups in total. The van der Waals surface area contributed by atoms with Crippen LogP contribution in [0.2, 0.25) is 0 Å². The van der Waals surface area contributed by atoms with Crippen LogP contribution in [0.4, 0.5) is 10.5 Å². The van der Waals surface area contributed by atoms with Crippen molar-refractivity contribution in [2.75, 3.05) is 19.0 Å². The van der Waals surface area contributed by atoms with Crippen molar-refractivity contribution < 1.29 is 24.3 Å². The van der Waals surface area contributed by atoms with Crippen LogP contribution in [-0.4, -0.2) is 41.8 Å². The van der Waals surface area contributed by atoms with Gasteiger partial charge in [-0.1, -0.05) is 6.07 Å². The molecule has 1 aliphatic heterocycles. The van der Waals surface area contributed by atoms with Crippen molar-refractivity contribution >= 4 is 17.6 Å². The Morgan fingerprint density at radius 2 is 1.96 bits per heavy atom. The van der Waals surface area contributed by atoms with Gasteiger partial charge in [-0.2, -0.15) is 0 Å². The lowest BCUT2D eigenvalue weighted by atomic mass is 10.1. The molecule has 0 aliphatic carbocycles. The monoisotopic (exact) mass is 371 g/mol. The topological polar surface area (TPSA) is 100 Å². The fraction of sp³-hybridized carbons (Fsp3) is 0.263. The molecule has 2 aromatic carbocycles. The van der Waals surface area contributed by atoms with Crippen molar-refractivity contribution in [3.63, 3.8) is 0 Å². The molecule has 0 bridgehead atoms. The van der Waals surface area contributed by atoms with E-state index in [-0.39, 0.29) is 24.2 Å². The molecule has 0 spiro atoms. The Bertz CT molecular complexity index is 838. The molecule has 0 saturated carbocycles. The summed E-state index contributed by atoms with van der Waals surface area (Å²) in [7, 11) is 1.58. The molecule has 142 valence electrons. The van der Waals surface area contributed by atoms with Crippen LogP contribution in [-0.2, 0) is 6.54 Å². The van der Waals surface area contributed by atoms with Gasteiger partial charge < -0.3 is 19.7 Å². The number of carbonyl (C=O) groups excluding carboxylic acids is 2. The third-order valence-electron chi connectivity index (χ3n) is 4.39. The van der Waals surface area contributed by atoms with Gasteiger partial charge in [0.1, 0.15) is 18.1 Å². The molecule has 8 nitrogen and oxygen atoms in total. The van der Waals surface area contributed by atoms with E-state index in [1.54, 1.807) is 60.0 Å². The summed E-state index contributed by atoms with van der Waals surface area (Å²) in [6.45, 7) is 2.51. The predicted molar refractivity (Wildman–Crippen MR) is 98.2 cm³/mol. The molecular weight excluding hydrogens is 350 g/mol. The zero-order valence-corrected chi connectivity index (χ0v) is 15.1. The van der Waals surface area contributed by atoms with Gasteiger partial charge in [-0.25, -0.2) is 10.3 Å². The van der Waals surface area contributed by atoms with Crippen molar-refractivity contribution in [1.82, 2.24) is 10.4 Å². The number of methoxy groups -OCH3 is 1. The number of urea groups is 1. The van der Waals surface area contributed by atoms with Gasteiger partial charge in [-0.15, -0.1) is 0 Å². The number of nitrogens with one attached hydrogen (secondary N) is 2. The maximum absolute atomic E-state index is 12.7. The van der Waals surface area contributed by atoms with E-state index >= 15 is 0 Å². The molecule has 0 saturated heterocycles. The molecule has 0 aromatic heterocycles. The van der Waals surface area contributed by atoms with E-state index in [1.165, 1.54) is 0 Å². The van der Waals surface area contributed by atoms with Gasteiger partial charge in [0.25, 0.3) is 5.91 Å². The minimum Gasteiger partial charge on any atom is -0.497 e. The first kappa shape index (κ1) is 18.5. The highest BCUT2D eigenvalue weighted by atomic mass is 16.5. The Hall–Kier alpha value is -3.26. The molecule has 0 fully saturated rings. The summed E-state index contributed by atoms with van der Waals surface area (Å²) < 4.78 is 10.9. The second-order valence-corrected chi connectivity index (χ2v) is 6.21. The summed E-state index contributed by atoms with van der Waals surface area (Å²) >= 11 is 0. The zero-order chi connectivity index (χ0) is 19.4. The molecule has 1 aliphatic rings. The molecule has 3 amide bonds. The number of benzene rings is 2. The summed E-state index contributed by atoms with van der Waals surface area (Å²) in [5.41, 5.74) is 3.31. The maximum Gasteiger partial charge on any atom is 0.322 e. The highest BCUT2D eigenvalue weighted by Crippen LogP contribution is 2.27. The maximum atomic E-state index is 12.7. The molecule has 1 heterocycles. The lowest BCUT2D eigenvalue weighted by molar-refractivity contribution is 0.0706. The number of hydroxylamine groups is 1. The standard InChI is InChI=1S/C19H21N3O5/c1-12-11-27-17-9-13(18(23)21-25)3-4-14(17)10-22(12)19(24)20-15-5-7-16(26-2)8-6-15/h3-9,12,25H,10-11H2,1-2H3,(H,20,24)(H,21,23)/t12-/m0/s1. The van der Waals surface area contributed by atoms with Crippen molar-refractivity contribution in [2.45, 2.75) is 19.5 Å². The van der Waals surface area contributed by atoms with E-state index < -0.39 is 5.91 Å². The fourth-order valence-corrected chi connectivity index (χ4v) is 2.81. The van der Waals surface area contributed by atoms with Gasteiger partial charge in [0.2, 0.25) is 0 Å². The number of ether oxygens (including phenoxy) is 2. The number of fused-ring (bicyclic) bond motifs is 1. The summed E-state index contributed by atoms with van der Waals surface area (Å²) in [4.78, 5) is 26.0. The average Bonchev–Trinajstić information content (AvgIpc) is 2.86. The van der Waals surface area contributed by atoms with Gasteiger partial charge in [0.15, 0.2) is 0 Å². The number of carbonyl (C=O) groups is 2. The first-order valence-electron chi connectivity index (χ1n) is 8.43. The first-order valence-corrected chi connectivity index (χ1v) is 8.43. The highest BCUT2D eigenvalue weighted by Gasteiger charge is 2.26. The van der Waals surface area contributed by atoms with Crippen molar-refractivity contribution in [1.29, 1.82) is 0 Å². The Morgan fingerprint density at radius 1 is 1.22 bits per heavy atom. The normalized spacial score (nSPS) is 15.8. The van der Waals surface area contributed by atoms with Crippen LogP contribution in [0.25, 0.3) is 0 Å². The quantitative estimate of drug-likeness (QED) is 0.569. The summed E-state index contributed by atoms with van der Waals surface area (Å²) in [6, 6.07) is 11.5. The fourth-order valence-electron chi connectivity index (χ4n) is 2.81. The predicted octanol–water partition coefficient (Wildman–Crippen LogP) is 2.63. The van der Waals surface area contributed by atoms with Crippen LogP contribution in [0.1, 0.15) is 22.8 Å². The number of amides is 3. The molecule has 1 atom stereocenters. The van der Waals surface area contributed by atoms with E-state index in [1.807, 2.05) is 6.92 Å². The summed E-state index contributed by atoms with van der Waals surface area (Å²) in [5, 5.41) is 11.6.